The molecule has 2 aromatic heterocycles. The average molecular weight is 431 g/mol. The summed E-state index contributed by atoms with van der Waals surface area (Å²) < 4.78 is 11.8. The van der Waals surface area contributed by atoms with Crippen molar-refractivity contribution in [2.24, 2.45) is 5.10 Å². The van der Waals surface area contributed by atoms with Crippen LogP contribution in [0.5, 0.6) is 5.75 Å². The Morgan fingerprint density at radius 1 is 1.16 bits per heavy atom. The molecule has 0 unspecified atom stereocenters. The zero-order valence-corrected chi connectivity index (χ0v) is 17.5. The molecule has 0 aliphatic heterocycles. The molecule has 10 heteroatoms. The Morgan fingerprint density at radius 3 is 2.78 bits per heavy atom. The number of anilines is 2. The van der Waals surface area contributed by atoms with Gasteiger partial charge in [-0.15, -0.1) is 0 Å². The number of aromatic nitrogens is 4. The topological polar surface area (TPSA) is 116 Å². The molecule has 162 valence electrons. The zero-order valence-electron chi connectivity index (χ0n) is 17.5. The van der Waals surface area contributed by atoms with Gasteiger partial charge in [0.05, 0.1) is 30.6 Å². The minimum atomic E-state index is -0.210. The van der Waals surface area contributed by atoms with Crippen LogP contribution in [0.25, 0.3) is 16.7 Å². The smallest absolute Gasteiger partial charge is 0.250 e. The number of carbonyl (C=O) groups excluding carboxylic acids is 1. The highest BCUT2D eigenvalue weighted by molar-refractivity contribution is 5.92. The maximum Gasteiger partial charge on any atom is 0.250 e. The van der Waals surface area contributed by atoms with Gasteiger partial charge in [0.1, 0.15) is 18.7 Å². The van der Waals surface area contributed by atoms with Gasteiger partial charge in [-0.05, 0) is 29.8 Å². The van der Waals surface area contributed by atoms with Gasteiger partial charge in [-0.25, -0.2) is 14.6 Å². The third-order valence-electron chi connectivity index (χ3n) is 4.52. The van der Waals surface area contributed by atoms with Gasteiger partial charge in [0.2, 0.25) is 5.91 Å². The summed E-state index contributed by atoms with van der Waals surface area (Å²) in [4.78, 5) is 20.2. The van der Waals surface area contributed by atoms with Crippen LogP contribution in [-0.2, 0) is 9.53 Å². The quantitative estimate of drug-likeness (QED) is 0.326. The van der Waals surface area contributed by atoms with Crippen molar-refractivity contribution in [3.8, 4) is 11.4 Å². The molecule has 32 heavy (non-hydrogen) atoms. The molecule has 0 fully saturated rings. The summed E-state index contributed by atoms with van der Waals surface area (Å²) >= 11 is 0. The first-order valence-electron chi connectivity index (χ1n) is 9.69. The summed E-state index contributed by atoms with van der Waals surface area (Å²) in [5, 5.41) is 12.2. The standard InChI is InChI=1S/C22H21N7O3/c1-31-13-20(30)27-16-8-6-15(7-9-16)11-25-28-21-19-12-26-29(22(19)24-14-23-21)17-4-3-5-18(10-17)32-2/h3-12,14H,13H2,1-2H3,(H,27,30)(H,23,24,28)/b25-11+. The van der Waals surface area contributed by atoms with Gasteiger partial charge in [-0.3, -0.25) is 10.2 Å². The van der Waals surface area contributed by atoms with Crippen LogP contribution in [0.1, 0.15) is 5.56 Å². The minimum Gasteiger partial charge on any atom is -0.497 e. The number of amides is 1. The summed E-state index contributed by atoms with van der Waals surface area (Å²) in [5.74, 6) is 1.05. The highest BCUT2D eigenvalue weighted by Gasteiger charge is 2.11. The summed E-state index contributed by atoms with van der Waals surface area (Å²) in [6.45, 7) is 0.00886. The number of hydrazone groups is 1. The van der Waals surface area contributed by atoms with Gasteiger partial charge in [0.25, 0.3) is 0 Å². The molecule has 0 spiro atoms. The maximum absolute atomic E-state index is 11.6. The Labute approximate surface area is 183 Å². The number of methoxy groups -OCH3 is 2. The van der Waals surface area contributed by atoms with Crippen molar-refractivity contribution in [2.45, 2.75) is 0 Å². The normalized spacial score (nSPS) is 11.1. The second kappa shape index (κ2) is 9.67. The Balaban J connectivity index is 1.48. The third-order valence-corrected chi connectivity index (χ3v) is 4.52. The summed E-state index contributed by atoms with van der Waals surface area (Å²) in [6.07, 6.45) is 4.79. The van der Waals surface area contributed by atoms with Crippen molar-refractivity contribution in [1.29, 1.82) is 0 Å². The highest BCUT2D eigenvalue weighted by atomic mass is 16.5. The number of rotatable bonds is 8. The van der Waals surface area contributed by atoms with Crippen LogP contribution in [-0.4, -0.2) is 52.7 Å². The van der Waals surface area contributed by atoms with E-state index in [1.807, 2.05) is 36.4 Å². The summed E-state index contributed by atoms with van der Waals surface area (Å²) in [7, 11) is 3.09. The maximum atomic E-state index is 11.6. The second-order valence-corrected chi connectivity index (χ2v) is 6.69. The van der Waals surface area contributed by atoms with E-state index in [9.17, 15) is 4.79 Å². The number of benzene rings is 2. The zero-order chi connectivity index (χ0) is 22.3. The van der Waals surface area contributed by atoms with Crippen molar-refractivity contribution in [2.75, 3.05) is 31.6 Å². The predicted octanol–water partition coefficient (Wildman–Crippen LogP) is 2.86. The summed E-state index contributed by atoms with van der Waals surface area (Å²) in [5.41, 5.74) is 5.93. The highest BCUT2D eigenvalue weighted by Crippen LogP contribution is 2.23. The van der Waals surface area contributed by atoms with Crippen molar-refractivity contribution in [3.05, 3.63) is 66.6 Å². The van der Waals surface area contributed by atoms with Crippen LogP contribution in [0, 0.1) is 0 Å². The number of hydrogen-bond acceptors (Lipinski definition) is 8. The number of fused-ring (bicyclic) bond motifs is 1. The SMILES string of the molecule is COCC(=O)Nc1ccc(/C=N/Nc2ncnc3c2cnn3-c2cccc(OC)c2)cc1. The Bertz CT molecular complexity index is 1250. The van der Waals surface area contributed by atoms with Crippen LogP contribution in [0.3, 0.4) is 0 Å². The number of carbonyl (C=O) groups is 1. The lowest BCUT2D eigenvalue weighted by atomic mass is 10.2. The van der Waals surface area contributed by atoms with E-state index >= 15 is 0 Å². The van der Waals surface area contributed by atoms with E-state index in [1.165, 1.54) is 13.4 Å². The lowest BCUT2D eigenvalue weighted by Gasteiger charge is -2.06. The lowest BCUT2D eigenvalue weighted by Crippen LogP contribution is -2.16. The molecule has 0 bridgehead atoms. The van der Waals surface area contributed by atoms with E-state index in [-0.39, 0.29) is 12.5 Å². The first-order chi connectivity index (χ1) is 15.7. The molecule has 4 rings (SSSR count). The van der Waals surface area contributed by atoms with E-state index in [0.717, 1.165) is 22.4 Å². The molecule has 0 atom stereocenters. The monoisotopic (exact) mass is 431 g/mol. The molecule has 10 nitrogen and oxygen atoms in total. The van der Waals surface area contributed by atoms with Crippen LogP contribution in [0.4, 0.5) is 11.5 Å². The fourth-order valence-corrected chi connectivity index (χ4v) is 3.01. The van der Waals surface area contributed by atoms with E-state index < -0.39 is 0 Å². The number of nitrogens with one attached hydrogen (secondary N) is 2. The van der Waals surface area contributed by atoms with Gasteiger partial charge in [-0.2, -0.15) is 10.2 Å². The van der Waals surface area contributed by atoms with E-state index in [4.69, 9.17) is 9.47 Å². The second-order valence-electron chi connectivity index (χ2n) is 6.69. The first-order valence-corrected chi connectivity index (χ1v) is 9.69. The van der Waals surface area contributed by atoms with Gasteiger partial charge in [0.15, 0.2) is 11.5 Å². The van der Waals surface area contributed by atoms with Crippen LogP contribution >= 0.6 is 0 Å². The molecule has 2 N–H and O–H groups in total. The van der Waals surface area contributed by atoms with Crippen molar-refractivity contribution >= 4 is 34.7 Å². The van der Waals surface area contributed by atoms with Gasteiger partial charge < -0.3 is 14.8 Å². The van der Waals surface area contributed by atoms with Crippen molar-refractivity contribution < 1.29 is 14.3 Å². The molecule has 0 saturated carbocycles. The molecule has 4 aromatic rings. The molecule has 0 saturated heterocycles. The fourth-order valence-electron chi connectivity index (χ4n) is 3.01. The average Bonchev–Trinajstić information content (AvgIpc) is 3.25. The molecular weight excluding hydrogens is 410 g/mol. The summed E-state index contributed by atoms with van der Waals surface area (Å²) in [6, 6.07) is 14.8. The molecular formula is C22H21N7O3. The first kappa shape index (κ1) is 20.9. The Kier molecular flexibility index (Phi) is 6.33. The largest absolute Gasteiger partial charge is 0.497 e. The van der Waals surface area contributed by atoms with Crippen molar-refractivity contribution in [1.82, 2.24) is 19.7 Å². The fraction of sp³-hybridized carbons (Fsp3) is 0.136. The minimum absolute atomic E-state index is 0.00886. The van der Waals surface area contributed by atoms with E-state index in [2.05, 4.69) is 30.9 Å². The van der Waals surface area contributed by atoms with Gasteiger partial charge in [0, 0.05) is 18.9 Å². The third kappa shape index (κ3) is 4.71. The predicted molar refractivity (Wildman–Crippen MR) is 121 cm³/mol. The van der Waals surface area contributed by atoms with Crippen LogP contribution < -0.4 is 15.5 Å². The van der Waals surface area contributed by atoms with E-state index in [1.54, 1.807) is 36.3 Å². The molecule has 1 amide bonds. The van der Waals surface area contributed by atoms with E-state index in [0.29, 0.717) is 17.2 Å². The molecule has 0 radical (unpaired) electrons. The molecule has 0 aliphatic rings. The molecule has 0 aliphatic carbocycles. The number of nitrogens with zero attached hydrogens (tertiary/aromatic N) is 5. The molecule has 2 aromatic carbocycles. The van der Waals surface area contributed by atoms with Crippen molar-refractivity contribution in [3.63, 3.8) is 0 Å². The van der Waals surface area contributed by atoms with Gasteiger partial charge >= 0.3 is 0 Å². The number of hydrogen-bond donors (Lipinski definition) is 2. The van der Waals surface area contributed by atoms with Gasteiger partial charge in [-0.1, -0.05) is 18.2 Å². The van der Waals surface area contributed by atoms with Crippen LogP contribution in [0.2, 0.25) is 0 Å². The van der Waals surface area contributed by atoms with Crippen LogP contribution in [0.15, 0.2) is 66.2 Å². The lowest BCUT2D eigenvalue weighted by molar-refractivity contribution is -0.119. The molecule has 2 heterocycles. The number of ether oxygens (including phenoxy) is 2. The Morgan fingerprint density at radius 2 is 2.00 bits per heavy atom. The Hall–Kier alpha value is -4.31.